The third-order valence-electron chi connectivity index (χ3n) is 3.66. The van der Waals surface area contributed by atoms with E-state index in [1.54, 1.807) is 24.4 Å². The molecule has 0 fully saturated rings. The molecule has 0 aliphatic carbocycles. The lowest BCUT2D eigenvalue weighted by Gasteiger charge is -2.03. The van der Waals surface area contributed by atoms with E-state index in [0.29, 0.717) is 28.6 Å². The van der Waals surface area contributed by atoms with Gasteiger partial charge in [-0.2, -0.15) is 5.21 Å². The Hall–Kier alpha value is -3.26. The van der Waals surface area contributed by atoms with Crippen molar-refractivity contribution in [3.8, 4) is 17.2 Å². The number of pyridine rings is 1. The molecule has 4 aromatic rings. The van der Waals surface area contributed by atoms with Gasteiger partial charge >= 0.3 is 0 Å². The van der Waals surface area contributed by atoms with Crippen LogP contribution in [0, 0.1) is 0 Å². The SMILES string of the molecule is O=c1cc(Cc2ccc(Cl)cc2)[nH]n1-c1cc(-c2nn[nH]n2)ccn1. The van der Waals surface area contributed by atoms with E-state index >= 15 is 0 Å². The molecule has 0 aliphatic rings. The van der Waals surface area contributed by atoms with E-state index in [4.69, 9.17) is 11.6 Å². The molecule has 0 radical (unpaired) electrons. The molecule has 0 atom stereocenters. The van der Waals surface area contributed by atoms with Crippen molar-refractivity contribution in [2.24, 2.45) is 0 Å². The monoisotopic (exact) mass is 353 g/mol. The molecule has 2 N–H and O–H groups in total. The van der Waals surface area contributed by atoms with Gasteiger partial charge in [-0.25, -0.2) is 9.67 Å². The smallest absolute Gasteiger partial charge is 0.272 e. The molecule has 124 valence electrons. The number of benzene rings is 1. The fourth-order valence-corrected chi connectivity index (χ4v) is 2.62. The highest BCUT2D eigenvalue weighted by Gasteiger charge is 2.10. The summed E-state index contributed by atoms with van der Waals surface area (Å²) in [6, 6.07) is 12.5. The molecular weight excluding hydrogens is 342 g/mol. The van der Waals surface area contributed by atoms with Gasteiger partial charge in [-0.3, -0.25) is 9.89 Å². The van der Waals surface area contributed by atoms with Gasteiger partial charge in [0.2, 0.25) is 5.82 Å². The standard InChI is InChI=1S/C16H12ClN7O/c17-12-3-1-10(2-4-12)7-13-9-15(25)24(21-13)14-8-11(5-6-18-14)16-19-22-23-20-16/h1-6,8-9,21H,7H2,(H,19,20,22,23). The molecular formula is C16H12ClN7O. The number of aromatic amines is 2. The van der Waals surface area contributed by atoms with Crippen molar-refractivity contribution in [2.45, 2.75) is 6.42 Å². The molecule has 0 saturated carbocycles. The van der Waals surface area contributed by atoms with Crippen molar-refractivity contribution in [1.29, 1.82) is 0 Å². The van der Waals surface area contributed by atoms with Crippen LogP contribution >= 0.6 is 11.6 Å². The normalized spacial score (nSPS) is 10.9. The van der Waals surface area contributed by atoms with E-state index in [9.17, 15) is 4.79 Å². The van der Waals surface area contributed by atoms with Gasteiger partial charge in [0, 0.05) is 35.0 Å². The van der Waals surface area contributed by atoms with Crippen LogP contribution in [-0.2, 0) is 6.42 Å². The molecule has 1 aromatic carbocycles. The highest BCUT2D eigenvalue weighted by atomic mass is 35.5. The number of nitrogens with zero attached hydrogens (tertiary/aromatic N) is 5. The maximum Gasteiger partial charge on any atom is 0.272 e. The topological polar surface area (TPSA) is 105 Å². The van der Waals surface area contributed by atoms with Crippen molar-refractivity contribution in [1.82, 2.24) is 35.4 Å². The number of nitrogens with one attached hydrogen (secondary N) is 2. The summed E-state index contributed by atoms with van der Waals surface area (Å²) in [5.41, 5.74) is 2.34. The first-order valence-corrected chi connectivity index (χ1v) is 7.82. The summed E-state index contributed by atoms with van der Waals surface area (Å²) in [6.07, 6.45) is 2.18. The van der Waals surface area contributed by atoms with Crippen LogP contribution in [0.5, 0.6) is 0 Å². The van der Waals surface area contributed by atoms with Crippen LogP contribution in [0.4, 0.5) is 0 Å². The zero-order valence-corrected chi connectivity index (χ0v) is 13.6. The zero-order valence-electron chi connectivity index (χ0n) is 12.8. The number of tetrazole rings is 1. The Morgan fingerprint density at radius 1 is 1.12 bits per heavy atom. The minimum absolute atomic E-state index is 0.193. The van der Waals surface area contributed by atoms with Crippen LogP contribution in [0.3, 0.4) is 0 Å². The average molecular weight is 354 g/mol. The Morgan fingerprint density at radius 3 is 2.72 bits per heavy atom. The summed E-state index contributed by atoms with van der Waals surface area (Å²) in [7, 11) is 0. The highest BCUT2D eigenvalue weighted by Crippen LogP contribution is 2.15. The van der Waals surface area contributed by atoms with Crippen molar-refractivity contribution in [3.05, 3.63) is 75.3 Å². The summed E-state index contributed by atoms with van der Waals surface area (Å²) in [4.78, 5) is 16.5. The van der Waals surface area contributed by atoms with Crippen LogP contribution in [0.25, 0.3) is 17.2 Å². The first kappa shape index (κ1) is 15.3. The molecule has 0 spiro atoms. The van der Waals surface area contributed by atoms with Crippen LogP contribution < -0.4 is 5.56 Å². The predicted octanol–water partition coefficient (Wildman–Crippen LogP) is 1.98. The molecule has 4 rings (SSSR count). The van der Waals surface area contributed by atoms with Gasteiger partial charge in [-0.05, 0) is 35.0 Å². The van der Waals surface area contributed by atoms with Gasteiger partial charge in [0.1, 0.15) is 0 Å². The second-order valence-electron chi connectivity index (χ2n) is 5.40. The molecule has 0 amide bonds. The molecule has 25 heavy (non-hydrogen) atoms. The van der Waals surface area contributed by atoms with Crippen LogP contribution in [0.1, 0.15) is 11.3 Å². The van der Waals surface area contributed by atoms with E-state index in [-0.39, 0.29) is 5.56 Å². The Labute approximate surface area is 146 Å². The molecule has 0 unspecified atom stereocenters. The van der Waals surface area contributed by atoms with Crippen molar-refractivity contribution >= 4 is 11.6 Å². The lowest BCUT2D eigenvalue weighted by molar-refractivity contribution is 0.798. The largest absolute Gasteiger partial charge is 0.293 e. The van der Waals surface area contributed by atoms with E-state index in [1.165, 1.54) is 4.68 Å². The first-order valence-electron chi connectivity index (χ1n) is 7.45. The highest BCUT2D eigenvalue weighted by molar-refractivity contribution is 6.30. The van der Waals surface area contributed by atoms with Crippen LogP contribution in [0.2, 0.25) is 5.02 Å². The average Bonchev–Trinajstić information content (AvgIpc) is 3.27. The third kappa shape index (κ3) is 3.20. The Kier molecular flexibility index (Phi) is 3.87. The van der Waals surface area contributed by atoms with E-state index in [0.717, 1.165) is 11.3 Å². The lowest BCUT2D eigenvalue weighted by Crippen LogP contribution is -2.14. The molecule has 8 nitrogen and oxygen atoms in total. The number of H-pyrrole nitrogens is 2. The third-order valence-corrected chi connectivity index (χ3v) is 3.91. The molecule has 9 heteroatoms. The number of hydrogen-bond donors (Lipinski definition) is 2. The number of halogens is 1. The van der Waals surface area contributed by atoms with Gasteiger partial charge in [-0.15, -0.1) is 10.2 Å². The maximum absolute atomic E-state index is 12.3. The minimum atomic E-state index is -0.193. The molecule has 0 aliphatic heterocycles. The van der Waals surface area contributed by atoms with E-state index in [2.05, 4.69) is 30.7 Å². The van der Waals surface area contributed by atoms with Crippen molar-refractivity contribution in [3.63, 3.8) is 0 Å². The summed E-state index contributed by atoms with van der Waals surface area (Å²) in [5, 5.41) is 17.5. The van der Waals surface area contributed by atoms with Gasteiger partial charge in [-0.1, -0.05) is 23.7 Å². The minimum Gasteiger partial charge on any atom is -0.293 e. The van der Waals surface area contributed by atoms with Gasteiger partial charge in [0.25, 0.3) is 5.56 Å². The van der Waals surface area contributed by atoms with Crippen molar-refractivity contribution in [2.75, 3.05) is 0 Å². The zero-order chi connectivity index (χ0) is 17.2. The van der Waals surface area contributed by atoms with E-state index in [1.807, 2.05) is 24.3 Å². The van der Waals surface area contributed by atoms with Crippen LogP contribution in [0.15, 0.2) is 53.5 Å². The molecule has 0 saturated heterocycles. The second kappa shape index (κ2) is 6.33. The predicted molar refractivity (Wildman–Crippen MR) is 91.6 cm³/mol. The number of rotatable bonds is 4. The Morgan fingerprint density at radius 2 is 1.96 bits per heavy atom. The molecule has 3 heterocycles. The fraction of sp³-hybridized carbons (Fsp3) is 0.0625. The summed E-state index contributed by atoms with van der Waals surface area (Å²) < 4.78 is 1.38. The maximum atomic E-state index is 12.3. The quantitative estimate of drug-likeness (QED) is 0.583. The van der Waals surface area contributed by atoms with Gasteiger partial charge < -0.3 is 0 Å². The van der Waals surface area contributed by atoms with Crippen LogP contribution in [-0.4, -0.2) is 35.4 Å². The first-order chi connectivity index (χ1) is 12.2. The fourth-order valence-electron chi connectivity index (χ4n) is 2.49. The molecule has 3 aromatic heterocycles. The Bertz CT molecular complexity index is 1050. The second-order valence-corrected chi connectivity index (χ2v) is 5.83. The summed E-state index contributed by atoms with van der Waals surface area (Å²) in [6.45, 7) is 0. The number of hydrogen-bond acceptors (Lipinski definition) is 5. The Balaban J connectivity index is 1.65. The van der Waals surface area contributed by atoms with Gasteiger partial charge in [0.05, 0.1) is 0 Å². The van der Waals surface area contributed by atoms with E-state index < -0.39 is 0 Å². The summed E-state index contributed by atoms with van der Waals surface area (Å²) in [5.74, 6) is 0.888. The summed E-state index contributed by atoms with van der Waals surface area (Å²) >= 11 is 5.89. The van der Waals surface area contributed by atoms with Gasteiger partial charge in [0.15, 0.2) is 5.82 Å². The molecule has 0 bridgehead atoms. The lowest BCUT2D eigenvalue weighted by atomic mass is 10.1. The number of aromatic nitrogens is 7. The van der Waals surface area contributed by atoms with Crippen molar-refractivity contribution < 1.29 is 0 Å².